The predicted octanol–water partition coefficient (Wildman–Crippen LogP) is 3.22. The van der Waals surface area contributed by atoms with Crippen molar-refractivity contribution >= 4 is 17.5 Å². The zero-order valence-electron chi connectivity index (χ0n) is 12.6. The number of amides is 1. The van der Waals surface area contributed by atoms with Crippen molar-refractivity contribution in [1.29, 1.82) is 0 Å². The van der Waals surface area contributed by atoms with Gasteiger partial charge in [-0.15, -0.1) is 0 Å². The number of hydrogen-bond donors (Lipinski definition) is 1. The van der Waals surface area contributed by atoms with E-state index in [1.807, 2.05) is 6.92 Å². The van der Waals surface area contributed by atoms with Crippen LogP contribution in [0.3, 0.4) is 0 Å². The molecular weight excluding hydrogens is 333 g/mol. The first kappa shape index (κ1) is 17.8. The number of halogens is 4. The summed E-state index contributed by atoms with van der Waals surface area (Å²) >= 11 is 5.56. The van der Waals surface area contributed by atoms with E-state index < -0.39 is 34.8 Å². The van der Waals surface area contributed by atoms with Gasteiger partial charge in [0.1, 0.15) is 11.6 Å². The molecule has 0 saturated heterocycles. The zero-order valence-corrected chi connectivity index (χ0v) is 13.4. The summed E-state index contributed by atoms with van der Waals surface area (Å²) in [5, 5.41) is 2.24. The van der Waals surface area contributed by atoms with E-state index in [0.717, 1.165) is 25.7 Å². The molecule has 1 saturated carbocycles. The fraction of sp³-hybridized carbons (Fsp3) is 0.600. The number of pyridine rings is 1. The highest BCUT2D eigenvalue weighted by Gasteiger charge is 2.32. The molecule has 1 N–H and O–H groups in total. The maximum Gasteiger partial charge on any atom is 0.417 e. The van der Waals surface area contributed by atoms with Gasteiger partial charge < -0.3 is 9.88 Å². The third kappa shape index (κ3) is 4.50. The van der Waals surface area contributed by atoms with Gasteiger partial charge in [-0.25, -0.2) is 0 Å². The lowest BCUT2D eigenvalue weighted by Crippen LogP contribution is -2.43. The molecule has 1 aliphatic carbocycles. The summed E-state index contributed by atoms with van der Waals surface area (Å²) in [5.41, 5.74) is -1.87. The van der Waals surface area contributed by atoms with E-state index in [0.29, 0.717) is 22.7 Å². The van der Waals surface area contributed by atoms with E-state index in [1.165, 1.54) is 0 Å². The number of nitrogens with one attached hydrogen (secondary N) is 1. The molecule has 8 heteroatoms. The van der Waals surface area contributed by atoms with Crippen LogP contribution < -0.4 is 10.9 Å². The van der Waals surface area contributed by atoms with Crippen LogP contribution in [0.1, 0.15) is 38.2 Å². The minimum atomic E-state index is -4.63. The SMILES string of the molecule is C[C@@H]1CCCC[C@@H]1NC(=O)Cn1cc(C(F)(F)F)cc(Cl)c1=O. The average Bonchev–Trinajstić information content (AvgIpc) is 2.45. The number of carbonyl (C=O) groups is 1. The lowest BCUT2D eigenvalue weighted by Gasteiger charge is -2.29. The second-order valence-electron chi connectivity index (χ2n) is 5.94. The Balaban J connectivity index is 2.14. The molecule has 23 heavy (non-hydrogen) atoms. The number of aromatic nitrogens is 1. The van der Waals surface area contributed by atoms with Gasteiger partial charge in [0, 0.05) is 12.2 Å². The minimum Gasteiger partial charge on any atom is -0.352 e. The molecule has 1 aromatic heterocycles. The van der Waals surface area contributed by atoms with E-state index in [9.17, 15) is 22.8 Å². The number of rotatable bonds is 3. The monoisotopic (exact) mass is 350 g/mol. The normalized spacial score (nSPS) is 22.0. The van der Waals surface area contributed by atoms with Crippen molar-refractivity contribution in [1.82, 2.24) is 9.88 Å². The number of nitrogens with zero attached hydrogens (tertiary/aromatic N) is 1. The first-order valence-corrected chi connectivity index (χ1v) is 7.83. The van der Waals surface area contributed by atoms with E-state index in [1.54, 1.807) is 0 Å². The third-order valence-corrected chi connectivity index (χ3v) is 4.41. The first-order chi connectivity index (χ1) is 10.7. The van der Waals surface area contributed by atoms with Crippen LogP contribution in [-0.4, -0.2) is 16.5 Å². The maximum atomic E-state index is 12.8. The molecule has 1 fully saturated rings. The molecule has 4 nitrogen and oxygen atoms in total. The molecule has 1 amide bonds. The van der Waals surface area contributed by atoms with Crippen LogP contribution in [0.15, 0.2) is 17.1 Å². The fourth-order valence-electron chi connectivity index (χ4n) is 2.81. The fourth-order valence-corrected chi connectivity index (χ4v) is 3.04. The Morgan fingerprint density at radius 3 is 2.65 bits per heavy atom. The molecular formula is C15H18ClF3N2O2. The molecule has 1 heterocycles. The standard InChI is InChI=1S/C15H18ClF3N2O2/c1-9-4-2-3-5-12(9)20-13(22)8-21-7-10(15(17,18)19)6-11(16)14(21)23/h6-7,9,12H,2-5,8H2,1H3,(H,20,22)/t9-,12+/m1/s1. The Bertz CT molecular complexity index is 643. The molecule has 2 rings (SSSR count). The van der Waals surface area contributed by atoms with Gasteiger partial charge >= 0.3 is 6.18 Å². The molecule has 0 unspecified atom stereocenters. The van der Waals surface area contributed by atoms with E-state index in [2.05, 4.69) is 5.32 Å². The Morgan fingerprint density at radius 2 is 2.04 bits per heavy atom. The van der Waals surface area contributed by atoms with Crippen LogP contribution in [-0.2, 0) is 17.5 Å². The van der Waals surface area contributed by atoms with Crippen LogP contribution in [0.4, 0.5) is 13.2 Å². The van der Waals surface area contributed by atoms with E-state index in [-0.39, 0.29) is 6.04 Å². The number of carbonyl (C=O) groups excluding carboxylic acids is 1. The first-order valence-electron chi connectivity index (χ1n) is 7.45. The molecule has 0 aromatic carbocycles. The van der Waals surface area contributed by atoms with Crippen molar-refractivity contribution < 1.29 is 18.0 Å². The van der Waals surface area contributed by atoms with Crippen molar-refractivity contribution in [3.63, 3.8) is 0 Å². The van der Waals surface area contributed by atoms with Crippen LogP contribution in [0.25, 0.3) is 0 Å². The van der Waals surface area contributed by atoms with Crippen LogP contribution in [0.2, 0.25) is 5.02 Å². The van der Waals surface area contributed by atoms with Crippen molar-refractivity contribution in [3.05, 3.63) is 33.2 Å². The van der Waals surface area contributed by atoms with Crippen molar-refractivity contribution in [2.24, 2.45) is 5.92 Å². The van der Waals surface area contributed by atoms with Crippen LogP contribution >= 0.6 is 11.6 Å². The Labute approximate surface area is 136 Å². The van der Waals surface area contributed by atoms with Gasteiger partial charge in [-0.3, -0.25) is 9.59 Å². The second kappa shape index (κ2) is 6.95. The lowest BCUT2D eigenvalue weighted by molar-refractivity contribution is -0.138. The average molecular weight is 351 g/mol. The van der Waals surface area contributed by atoms with Crippen LogP contribution in [0, 0.1) is 5.92 Å². The molecule has 2 atom stereocenters. The second-order valence-corrected chi connectivity index (χ2v) is 6.35. The molecule has 0 spiro atoms. The van der Waals surface area contributed by atoms with Crippen molar-refractivity contribution in [3.8, 4) is 0 Å². The Hall–Kier alpha value is -1.50. The van der Waals surface area contributed by atoms with Gasteiger partial charge in [-0.05, 0) is 24.8 Å². The highest BCUT2D eigenvalue weighted by Crippen LogP contribution is 2.29. The Morgan fingerprint density at radius 1 is 1.39 bits per heavy atom. The smallest absolute Gasteiger partial charge is 0.352 e. The topological polar surface area (TPSA) is 51.1 Å². The molecule has 0 aliphatic heterocycles. The number of hydrogen-bond acceptors (Lipinski definition) is 2. The molecule has 1 aromatic rings. The summed E-state index contributed by atoms with van der Waals surface area (Å²) in [7, 11) is 0. The van der Waals surface area contributed by atoms with Gasteiger partial charge in [0.25, 0.3) is 5.56 Å². The summed E-state index contributed by atoms with van der Waals surface area (Å²) in [4.78, 5) is 23.9. The number of alkyl halides is 3. The lowest BCUT2D eigenvalue weighted by atomic mass is 9.86. The summed E-state index contributed by atoms with van der Waals surface area (Å²) < 4.78 is 39.0. The summed E-state index contributed by atoms with van der Waals surface area (Å²) in [6.07, 6.45) is -0.0577. The van der Waals surface area contributed by atoms with Gasteiger partial charge in [0.15, 0.2) is 0 Å². The quantitative estimate of drug-likeness (QED) is 0.910. The van der Waals surface area contributed by atoms with Gasteiger partial charge in [0.05, 0.1) is 5.56 Å². The van der Waals surface area contributed by atoms with E-state index >= 15 is 0 Å². The van der Waals surface area contributed by atoms with Gasteiger partial charge in [0.2, 0.25) is 5.91 Å². The highest BCUT2D eigenvalue weighted by atomic mass is 35.5. The third-order valence-electron chi connectivity index (χ3n) is 4.14. The summed E-state index contributed by atoms with van der Waals surface area (Å²) in [5.74, 6) is -0.171. The molecule has 0 bridgehead atoms. The minimum absolute atomic E-state index is 0.00628. The van der Waals surface area contributed by atoms with E-state index in [4.69, 9.17) is 11.6 Å². The van der Waals surface area contributed by atoms with Crippen molar-refractivity contribution in [2.75, 3.05) is 0 Å². The largest absolute Gasteiger partial charge is 0.417 e. The molecule has 128 valence electrons. The Kier molecular flexibility index (Phi) is 5.39. The summed E-state index contributed by atoms with van der Waals surface area (Å²) in [6, 6.07) is 0.565. The highest BCUT2D eigenvalue weighted by molar-refractivity contribution is 6.30. The van der Waals surface area contributed by atoms with Gasteiger partial charge in [-0.1, -0.05) is 31.4 Å². The van der Waals surface area contributed by atoms with Gasteiger partial charge in [-0.2, -0.15) is 13.2 Å². The molecule has 0 radical (unpaired) electrons. The summed E-state index contributed by atoms with van der Waals surface area (Å²) in [6.45, 7) is 1.54. The maximum absolute atomic E-state index is 12.8. The predicted molar refractivity (Wildman–Crippen MR) is 80.3 cm³/mol. The van der Waals surface area contributed by atoms with Crippen molar-refractivity contribution in [2.45, 2.75) is 51.4 Å². The van der Waals surface area contributed by atoms with Crippen LogP contribution in [0.5, 0.6) is 0 Å². The molecule has 1 aliphatic rings. The zero-order chi connectivity index (χ0) is 17.2.